The van der Waals surface area contributed by atoms with E-state index < -0.39 is 6.16 Å². The fraction of sp³-hybridized carbons (Fsp3) is 0.174. The normalized spacial score (nSPS) is 10.2. The van der Waals surface area contributed by atoms with Crippen LogP contribution in [0.1, 0.15) is 25.0 Å². The summed E-state index contributed by atoms with van der Waals surface area (Å²) in [6, 6.07) is 29.1. The molecular formula is C23H24O3S. The first kappa shape index (κ1) is 20.6. The Bertz CT molecular complexity index is 776. The van der Waals surface area contributed by atoms with E-state index in [1.165, 1.54) is 25.8 Å². The third-order valence-electron chi connectivity index (χ3n) is 4.11. The molecule has 0 aliphatic rings. The number of benzene rings is 3. The molecule has 4 heteroatoms. The molecule has 27 heavy (non-hydrogen) atoms. The van der Waals surface area contributed by atoms with Gasteiger partial charge in [0.25, 0.3) is 0 Å². The number of hydrogen-bond donors (Lipinski definition) is 1. The minimum absolute atomic E-state index is 0.0351. The quantitative estimate of drug-likeness (QED) is 0.647. The molecule has 3 nitrogen and oxygen atoms in total. The Balaban J connectivity index is 0.000000596. The maximum absolute atomic E-state index is 8.44. The molecule has 0 radical (unpaired) electrons. The summed E-state index contributed by atoms with van der Waals surface area (Å²) in [4.78, 5) is 12.6. The molecule has 0 aliphatic carbocycles. The average molecular weight is 381 g/mol. The minimum Gasteiger partial charge on any atom is -0.565 e. The van der Waals surface area contributed by atoms with E-state index in [1.54, 1.807) is 0 Å². The van der Waals surface area contributed by atoms with Gasteiger partial charge in [0.2, 0.25) is 6.16 Å². The highest BCUT2D eigenvalue weighted by atomic mass is 32.2. The van der Waals surface area contributed by atoms with Crippen molar-refractivity contribution < 1.29 is 15.0 Å². The van der Waals surface area contributed by atoms with Gasteiger partial charge in [-0.05, 0) is 60.4 Å². The molecule has 3 aromatic rings. The summed E-state index contributed by atoms with van der Waals surface area (Å²) in [5, 5.41) is 15.3. The molecule has 3 rings (SSSR count). The highest BCUT2D eigenvalue weighted by Gasteiger charge is 2.28. The van der Waals surface area contributed by atoms with Gasteiger partial charge in [0.05, 0.1) is 10.9 Å². The standard InChI is InChI=1S/C22H23S.CH2O3/c1-3-18-10-14-21(15-11-18)23(20-8-6-5-7-9-20)22-16-12-19(4-2)13-17-22;2-1(3)4/h5-17H,3-4H2,1-2H3;(H2,2,3,4)/q+1;/p-1. The summed E-state index contributed by atoms with van der Waals surface area (Å²) in [6.07, 6.45) is 0.0924. The average Bonchev–Trinajstić information content (AvgIpc) is 2.70. The Morgan fingerprint density at radius 2 is 1.07 bits per heavy atom. The predicted molar refractivity (Wildman–Crippen MR) is 108 cm³/mol. The summed E-state index contributed by atoms with van der Waals surface area (Å²) in [6.45, 7) is 4.41. The van der Waals surface area contributed by atoms with E-state index in [0.29, 0.717) is 0 Å². The highest BCUT2D eigenvalue weighted by molar-refractivity contribution is 7.97. The first-order valence-corrected chi connectivity index (χ1v) is 10.1. The minimum atomic E-state index is -2.08. The van der Waals surface area contributed by atoms with Crippen molar-refractivity contribution in [1.29, 1.82) is 0 Å². The number of hydrogen-bond acceptors (Lipinski definition) is 2. The molecule has 0 aliphatic heterocycles. The van der Waals surface area contributed by atoms with Gasteiger partial charge in [-0.3, -0.25) is 0 Å². The molecular weight excluding hydrogens is 356 g/mol. The first-order valence-electron chi connectivity index (χ1n) is 8.92. The van der Waals surface area contributed by atoms with E-state index in [1.807, 2.05) is 0 Å². The topological polar surface area (TPSA) is 60.4 Å². The van der Waals surface area contributed by atoms with Crippen molar-refractivity contribution in [2.45, 2.75) is 41.4 Å². The van der Waals surface area contributed by atoms with E-state index in [4.69, 9.17) is 15.0 Å². The largest absolute Gasteiger partial charge is 0.565 e. The Morgan fingerprint density at radius 1 is 0.741 bits per heavy atom. The molecule has 0 amide bonds. The molecule has 0 saturated heterocycles. The van der Waals surface area contributed by atoms with E-state index in [9.17, 15) is 0 Å². The van der Waals surface area contributed by atoms with Crippen molar-refractivity contribution in [2.24, 2.45) is 0 Å². The zero-order chi connectivity index (χ0) is 19.6. The second kappa shape index (κ2) is 10.4. The molecule has 0 heterocycles. The van der Waals surface area contributed by atoms with Crippen LogP contribution < -0.4 is 5.11 Å². The highest BCUT2D eigenvalue weighted by Crippen LogP contribution is 2.31. The molecule has 3 aromatic carbocycles. The molecule has 0 bridgehead atoms. The van der Waals surface area contributed by atoms with Gasteiger partial charge in [-0.1, -0.05) is 56.3 Å². The molecule has 0 unspecified atom stereocenters. The third-order valence-corrected chi connectivity index (χ3v) is 6.34. The maximum atomic E-state index is 8.44. The molecule has 0 aromatic heterocycles. The number of rotatable bonds is 5. The third kappa shape index (κ3) is 6.19. The van der Waals surface area contributed by atoms with Crippen LogP contribution in [-0.4, -0.2) is 11.3 Å². The van der Waals surface area contributed by atoms with Crippen molar-refractivity contribution in [3.63, 3.8) is 0 Å². The summed E-state index contributed by atoms with van der Waals surface area (Å²) < 4.78 is 0. The fourth-order valence-corrected chi connectivity index (χ4v) is 4.75. The lowest BCUT2D eigenvalue weighted by Crippen LogP contribution is -2.17. The van der Waals surface area contributed by atoms with Crippen molar-refractivity contribution in [3.8, 4) is 0 Å². The zero-order valence-corrected chi connectivity index (χ0v) is 16.4. The molecule has 0 spiro atoms. The van der Waals surface area contributed by atoms with Crippen LogP contribution in [0.25, 0.3) is 0 Å². The number of carboxylic acid groups (broad SMARTS) is 2. The maximum Gasteiger partial charge on any atom is 0.249 e. The summed E-state index contributed by atoms with van der Waals surface area (Å²) in [5.74, 6) is 0. The smallest absolute Gasteiger partial charge is 0.249 e. The van der Waals surface area contributed by atoms with Gasteiger partial charge < -0.3 is 15.0 Å². The zero-order valence-electron chi connectivity index (χ0n) is 15.6. The van der Waals surface area contributed by atoms with E-state index in [2.05, 4.69) is 92.7 Å². The molecule has 140 valence electrons. The lowest BCUT2D eigenvalue weighted by atomic mass is 10.2. The van der Waals surface area contributed by atoms with Gasteiger partial charge in [-0.15, -0.1) is 0 Å². The predicted octanol–water partition coefficient (Wildman–Crippen LogP) is 4.79. The molecule has 1 N–H and O–H groups in total. The van der Waals surface area contributed by atoms with Crippen LogP contribution in [0.2, 0.25) is 0 Å². The van der Waals surface area contributed by atoms with Gasteiger partial charge in [-0.25, -0.2) is 0 Å². The van der Waals surface area contributed by atoms with Gasteiger partial charge in [0.15, 0.2) is 14.7 Å². The van der Waals surface area contributed by atoms with Gasteiger partial charge in [0.1, 0.15) is 0 Å². The van der Waals surface area contributed by atoms with Crippen molar-refractivity contribution in [1.82, 2.24) is 0 Å². The van der Waals surface area contributed by atoms with Crippen LogP contribution in [0, 0.1) is 0 Å². The Labute approximate surface area is 163 Å². The van der Waals surface area contributed by atoms with Gasteiger partial charge in [0, 0.05) is 0 Å². The van der Waals surface area contributed by atoms with Crippen molar-refractivity contribution in [3.05, 3.63) is 90.0 Å². The lowest BCUT2D eigenvalue weighted by Gasteiger charge is -2.09. The van der Waals surface area contributed by atoms with E-state index in [0.717, 1.165) is 12.8 Å². The number of aryl methyl sites for hydroxylation is 2. The van der Waals surface area contributed by atoms with E-state index in [-0.39, 0.29) is 10.9 Å². The summed E-state index contributed by atoms with van der Waals surface area (Å²) >= 11 is 0. The lowest BCUT2D eigenvalue weighted by molar-refractivity contribution is -0.275. The van der Waals surface area contributed by atoms with Crippen LogP contribution >= 0.6 is 0 Å². The van der Waals surface area contributed by atoms with Gasteiger partial charge >= 0.3 is 0 Å². The fourth-order valence-electron chi connectivity index (χ4n) is 2.69. The SMILES string of the molecule is CCc1ccc([S+](c2ccccc2)c2ccc(CC)cc2)cc1.O=C([O-])O. The molecule has 0 fully saturated rings. The first-order chi connectivity index (χ1) is 13.0. The molecule has 0 saturated carbocycles. The Hall–Kier alpha value is -2.72. The number of carbonyl (C=O) groups is 1. The molecule has 0 atom stereocenters. The van der Waals surface area contributed by atoms with Crippen LogP contribution in [0.3, 0.4) is 0 Å². The van der Waals surface area contributed by atoms with Crippen molar-refractivity contribution >= 4 is 17.1 Å². The van der Waals surface area contributed by atoms with Gasteiger partial charge in [-0.2, -0.15) is 0 Å². The summed E-state index contributed by atoms with van der Waals surface area (Å²) in [7, 11) is -0.0351. The van der Waals surface area contributed by atoms with Crippen molar-refractivity contribution in [2.75, 3.05) is 0 Å². The van der Waals surface area contributed by atoms with Crippen LogP contribution in [0.15, 0.2) is 93.5 Å². The Morgan fingerprint density at radius 3 is 1.41 bits per heavy atom. The Kier molecular flexibility index (Phi) is 7.96. The monoisotopic (exact) mass is 380 g/mol. The second-order valence-corrected chi connectivity index (χ2v) is 7.91. The van der Waals surface area contributed by atoms with Crippen LogP contribution in [0.4, 0.5) is 4.79 Å². The second-order valence-electron chi connectivity index (χ2n) is 5.88. The summed E-state index contributed by atoms with van der Waals surface area (Å²) in [5.41, 5.74) is 2.79. The van der Waals surface area contributed by atoms with E-state index >= 15 is 0 Å². The van der Waals surface area contributed by atoms with Crippen LogP contribution in [0.5, 0.6) is 0 Å². The van der Waals surface area contributed by atoms with Crippen LogP contribution in [-0.2, 0) is 23.7 Å².